The van der Waals surface area contributed by atoms with Gasteiger partial charge in [-0.1, -0.05) is 11.3 Å². The minimum atomic E-state index is 0.548. The fourth-order valence-corrected chi connectivity index (χ4v) is 1.66. The molecule has 0 fully saturated rings. The Bertz CT molecular complexity index is 456. The Kier molecular flexibility index (Phi) is 3.26. The van der Waals surface area contributed by atoms with E-state index in [-0.39, 0.29) is 0 Å². The van der Waals surface area contributed by atoms with Crippen molar-refractivity contribution in [2.75, 3.05) is 14.2 Å². The molecule has 1 aromatic heterocycles. The van der Waals surface area contributed by atoms with Crippen molar-refractivity contribution in [3.05, 3.63) is 29.8 Å². The Morgan fingerprint density at radius 1 is 1.19 bits per heavy atom. The molecule has 5 heteroatoms. The molecule has 4 nitrogen and oxygen atoms in total. The summed E-state index contributed by atoms with van der Waals surface area (Å²) in [5.74, 6) is 1.95. The Morgan fingerprint density at radius 3 is 2.62 bits per heavy atom. The predicted octanol–water partition coefficient (Wildman–Crippen LogP) is 2.75. The quantitative estimate of drug-likeness (QED) is 0.818. The minimum Gasteiger partial charge on any atom is -0.493 e. The number of hydrogen-bond acceptors (Lipinski definition) is 5. The molecule has 83 valence electrons. The van der Waals surface area contributed by atoms with Crippen molar-refractivity contribution >= 4 is 11.3 Å². The molecular weight excluding hydrogens is 226 g/mol. The maximum Gasteiger partial charge on any atom is 0.279 e. The number of ether oxygens (including phenoxy) is 3. The van der Waals surface area contributed by atoms with E-state index in [9.17, 15) is 0 Å². The van der Waals surface area contributed by atoms with Crippen molar-refractivity contribution in [3.8, 4) is 22.4 Å². The lowest BCUT2D eigenvalue weighted by Crippen LogP contribution is -1.91. The van der Waals surface area contributed by atoms with E-state index in [1.807, 2.05) is 0 Å². The van der Waals surface area contributed by atoms with E-state index in [0.29, 0.717) is 22.4 Å². The normalized spacial score (nSPS) is 9.88. The molecule has 0 saturated carbocycles. The van der Waals surface area contributed by atoms with Crippen LogP contribution >= 0.6 is 11.3 Å². The van der Waals surface area contributed by atoms with E-state index in [0.717, 1.165) is 0 Å². The summed E-state index contributed by atoms with van der Waals surface area (Å²) >= 11 is 1.31. The zero-order valence-corrected chi connectivity index (χ0v) is 9.71. The van der Waals surface area contributed by atoms with Gasteiger partial charge in [0.1, 0.15) is 5.75 Å². The summed E-state index contributed by atoms with van der Waals surface area (Å²) in [6.45, 7) is 0. The Hall–Kier alpha value is -1.75. The maximum atomic E-state index is 5.50. The summed E-state index contributed by atoms with van der Waals surface area (Å²) < 4.78 is 15.8. The number of rotatable bonds is 4. The second kappa shape index (κ2) is 4.85. The number of methoxy groups -OCH3 is 2. The van der Waals surface area contributed by atoms with Gasteiger partial charge in [-0.25, -0.2) is 4.98 Å². The summed E-state index contributed by atoms with van der Waals surface area (Å²) in [7, 11) is 3.17. The summed E-state index contributed by atoms with van der Waals surface area (Å²) in [5, 5.41) is 3.40. The van der Waals surface area contributed by atoms with Crippen LogP contribution in [0.4, 0.5) is 0 Å². The summed E-state index contributed by atoms with van der Waals surface area (Å²) in [5.41, 5.74) is 0. The van der Waals surface area contributed by atoms with Gasteiger partial charge in [0, 0.05) is 6.07 Å². The van der Waals surface area contributed by atoms with E-state index in [1.54, 1.807) is 38.6 Å². The second-order valence-electron chi connectivity index (χ2n) is 2.86. The van der Waals surface area contributed by atoms with Crippen molar-refractivity contribution in [1.82, 2.24) is 4.98 Å². The number of hydrogen-bond donors (Lipinski definition) is 0. The van der Waals surface area contributed by atoms with Gasteiger partial charge in [-0.05, 0) is 12.1 Å². The largest absolute Gasteiger partial charge is 0.493 e. The van der Waals surface area contributed by atoms with Crippen LogP contribution in [0.1, 0.15) is 0 Å². The first kappa shape index (κ1) is 10.8. The van der Waals surface area contributed by atoms with Crippen molar-refractivity contribution in [2.24, 2.45) is 0 Å². The average molecular weight is 236 g/mol. The highest BCUT2D eigenvalue weighted by molar-refractivity contribution is 7.10. The van der Waals surface area contributed by atoms with Crippen LogP contribution in [-0.4, -0.2) is 19.2 Å². The van der Waals surface area contributed by atoms with Crippen molar-refractivity contribution < 1.29 is 14.2 Å². The van der Waals surface area contributed by atoms with Gasteiger partial charge in [0.2, 0.25) is 0 Å². The van der Waals surface area contributed by atoms with E-state index in [4.69, 9.17) is 14.2 Å². The van der Waals surface area contributed by atoms with Crippen LogP contribution in [0.15, 0.2) is 24.4 Å². The number of benzene rings is 1. The molecule has 2 rings (SSSR count). The third-order valence-electron chi connectivity index (χ3n) is 1.93. The Balaban J connectivity index is 2.22. The standard InChI is InChI=1S/C11H10NO3S/c1-13-9-4-3-8(7-10(9)14-2)15-11-12-5-6-16-11/h3-5,7H,1-2H3. The topological polar surface area (TPSA) is 40.6 Å². The molecule has 0 aliphatic rings. The van der Waals surface area contributed by atoms with Crippen molar-refractivity contribution in [2.45, 2.75) is 0 Å². The Morgan fingerprint density at radius 2 is 2.00 bits per heavy atom. The molecule has 16 heavy (non-hydrogen) atoms. The van der Waals surface area contributed by atoms with Gasteiger partial charge in [0.05, 0.1) is 25.8 Å². The van der Waals surface area contributed by atoms with E-state index >= 15 is 0 Å². The molecule has 0 amide bonds. The first-order chi connectivity index (χ1) is 7.83. The molecule has 0 N–H and O–H groups in total. The first-order valence-corrected chi connectivity index (χ1v) is 5.37. The molecule has 0 bridgehead atoms. The van der Waals surface area contributed by atoms with Crippen LogP contribution in [0, 0.1) is 5.38 Å². The molecule has 0 spiro atoms. The van der Waals surface area contributed by atoms with E-state index < -0.39 is 0 Å². The molecule has 1 radical (unpaired) electrons. The molecule has 0 unspecified atom stereocenters. The molecule has 2 aromatic rings. The third kappa shape index (κ3) is 2.25. The number of thiazole rings is 1. The fourth-order valence-electron chi connectivity index (χ4n) is 1.21. The predicted molar refractivity (Wildman–Crippen MR) is 60.6 cm³/mol. The first-order valence-electron chi connectivity index (χ1n) is 4.55. The van der Waals surface area contributed by atoms with Gasteiger partial charge in [-0.2, -0.15) is 0 Å². The van der Waals surface area contributed by atoms with Crippen molar-refractivity contribution in [1.29, 1.82) is 0 Å². The molecule has 1 aromatic carbocycles. The van der Waals surface area contributed by atoms with Crippen LogP contribution in [0.2, 0.25) is 0 Å². The third-order valence-corrected chi connectivity index (χ3v) is 2.52. The van der Waals surface area contributed by atoms with Gasteiger partial charge >= 0.3 is 0 Å². The second-order valence-corrected chi connectivity index (χ2v) is 3.65. The lowest BCUT2D eigenvalue weighted by atomic mass is 10.3. The molecule has 0 atom stereocenters. The molecule has 1 heterocycles. The maximum absolute atomic E-state index is 5.50. The molecule has 0 saturated heterocycles. The highest BCUT2D eigenvalue weighted by Gasteiger charge is 2.06. The van der Waals surface area contributed by atoms with Crippen LogP contribution in [0.5, 0.6) is 22.4 Å². The van der Waals surface area contributed by atoms with Gasteiger partial charge in [0.25, 0.3) is 5.19 Å². The van der Waals surface area contributed by atoms with E-state index in [2.05, 4.69) is 10.4 Å². The zero-order chi connectivity index (χ0) is 11.4. The van der Waals surface area contributed by atoms with Crippen molar-refractivity contribution in [3.63, 3.8) is 0 Å². The summed E-state index contributed by atoms with van der Waals surface area (Å²) in [6.07, 6.45) is 1.57. The highest BCUT2D eigenvalue weighted by atomic mass is 32.1. The van der Waals surface area contributed by atoms with Crippen LogP contribution in [0.3, 0.4) is 0 Å². The van der Waals surface area contributed by atoms with E-state index in [1.165, 1.54) is 11.3 Å². The SMILES string of the molecule is COc1ccc(Oc2nc[c]s2)cc1OC. The summed E-state index contributed by atoms with van der Waals surface area (Å²) in [6, 6.07) is 5.33. The summed E-state index contributed by atoms with van der Waals surface area (Å²) in [4.78, 5) is 3.98. The van der Waals surface area contributed by atoms with Crippen LogP contribution in [-0.2, 0) is 0 Å². The van der Waals surface area contributed by atoms with Crippen LogP contribution < -0.4 is 14.2 Å². The molecule has 0 aliphatic heterocycles. The van der Waals surface area contributed by atoms with Gasteiger partial charge in [0.15, 0.2) is 11.5 Å². The van der Waals surface area contributed by atoms with Gasteiger partial charge < -0.3 is 14.2 Å². The zero-order valence-electron chi connectivity index (χ0n) is 8.89. The molecule has 0 aliphatic carbocycles. The van der Waals surface area contributed by atoms with Crippen LogP contribution in [0.25, 0.3) is 0 Å². The fraction of sp³-hybridized carbons (Fsp3) is 0.182. The number of aromatic nitrogens is 1. The lowest BCUT2D eigenvalue weighted by molar-refractivity contribution is 0.352. The number of nitrogens with zero attached hydrogens (tertiary/aromatic N) is 1. The minimum absolute atomic E-state index is 0.548. The average Bonchev–Trinajstić information content (AvgIpc) is 2.81. The smallest absolute Gasteiger partial charge is 0.279 e. The Labute approximate surface area is 97.4 Å². The monoisotopic (exact) mass is 236 g/mol. The van der Waals surface area contributed by atoms with Gasteiger partial charge in [-0.15, -0.1) is 0 Å². The molecular formula is C11H10NO3S. The van der Waals surface area contributed by atoms with Gasteiger partial charge in [-0.3, -0.25) is 0 Å². The lowest BCUT2D eigenvalue weighted by Gasteiger charge is -2.08. The highest BCUT2D eigenvalue weighted by Crippen LogP contribution is 2.33.